The molecule has 5 nitrogen and oxygen atoms in total. The molecule has 0 radical (unpaired) electrons. The van der Waals surface area contributed by atoms with Gasteiger partial charge in [-0.1, -0.05) is 24.2 Å². The molecule has 0 aliphatic carbocycles. The Bertz CT molecular complexity index is 1130. The van der Waals surface area contributed by atoms with E-state index in [4.69, 9.17) is 11.6 Å². The van der Waals surface area contributed by atoms with Gasteiger partial charge in [0.05, 0.1) is 17.8 Å². The lowest BCUT2D eigenvalue weighted by Crippen LogP contribution is -2.48. The number of halogens is 2. The average molecular weight is 454 g/mol. The lowest BCUT2D eigenvalue weighted by Gasteiger charge is -2.39. The number of hydrogen-bond acceptors (Lipinski definition) is 4. The van der Waals surface area contributed by atoms with Gasteiger partial charge in [-0.15, -0.1) is 0 Å². The van der Waals surface area contributed by atoms with E-state index in [0.717, 1.165) is 43.6 Å². The van der Waals surface area contributed by atoms with Crippen LogP contribution < -0.4 is 10.2 Å². The third-order valence-corrected chi connectivity index (χ3v) is 7.11. The van der Waals surface area contributed by atoms with E-state index in [1.807, 2.05) is 17.8 Å². The first-order chi connectivity index (χ1) is 15.5. The Morgan fingerprint density at radius 3 is 2.72 bits per heavy atom. The zero-order valence-corrected chi connectivity index (χ0v) is 19.2. The minimum Gasteiger partial charge on any atom is -0.370 e. The first kappa shape index (κ1) is 21.3. The van der Waals surface area contributed by atoms with Crippen LogP contribution in [0.2, 0.25) is 5.02 Å². The van der Waals surface area contributed by atoms with Crippen molar-refractivity contribution in [1.82, 2.24) is 20.0 Å². The number of anilines is 1. The van der Waals surface area contributed by atoms with Gasteiger partial charge in [0, 0.05) is 59.6 Å². The van der Waals surface area contributed by atoms with Crippen molar-refractivity contribution in [2.24, 2.45) is 0 Å². The number of nitrogens with one attached hydrogen (secondary N) is 1. The maximum Gasteiger partial charge on any atom is 0.130 e. The fraction of sp³-hybridized carbons (Fsp3) is 0.400. The average Bonchev–Trinajstić information content (AvgIpc) is 3.48. The Balaban J connectivity index is 1.34. The Labute approximate surface area is 193 Å². The molecule has 0 saturated carbocycles. The number of piperazine rings is 1. The zero-order chi connectivity index (χ0) is 22.2. The Morgan fingerprint density at radius 1 is 1.19 bits per heavy atom. The van der Waals surface area contributed by atoms with Crippen LogP contribution in [0.25, 0.3) is 10.9 Å². The maximum absolute atomic E-state index is 14.5. The molecule has 3 aromatic rings. The van der Waals surface area contributed by atoms with E-state index in [0.29, 0.717) is 16.6 Å². The second-order valence-electron chi connectivity index (χ2n) is 8.79. The van der Waals surface area contributed by atoms with Gasteiger partial charge in [0.2, 0.25) is 0 Å². The van der Waals surface area contributed by atoms with Crippen molar-refractivity contribution in [3.05, 3.63) is 71.3 Å². The van der Waals surface area contributed by atoms with E-state index >= 15 is 0 Å². The Hall–Kier alpha value is -2.57. The summed E-state index contributed by atoms with van der Waals surface area (Å²) < 4.78 is 16.4. The van der Waals surface area contributed by atoms with Crippen molar-refractivity contribution < 1.29 is 4.39 Å². The maximum atomic E-state index is 14.5. The van der Waals surface area contributed by atoms with E-state index in [2.05, 4.69) is 45.0 Å². The quantitative estimate of drug-likeness (QED) is 0.600. The van der Waals surface area contributed by atoms with Crippen LogP contribution >= 0.6 is 11.6 Å². The SMILES string of the molecule is C=C([C@H]1CCCN1)N1CCN(c2ccc3cnn([C@H](C)c4ccc(Cl)cc4F)c3c2)CC1. The van der Waals surface area contributed by atoms with Gasteiger partial charge in [-0.2, -0.15) is 5.10 Å². The molecule has 0 amide bonds. The molecule has 2 atom stereocenters. The van der Waals surface area contributed by atoms with Crippen LogP contribution in [-0.4, -0.2) is 53.4 Å². The van der Waals surface area contributed by atoms with Gasteiger partial charge in [0.25, 0.3) is 0 Å². The fourth-order valence-corrected chi connectivity index (χ4v) is 5.10. The predicted molar refractivity (Wildman–Crippen MR) is 129 cm³/mol. The van der Waals surface area contributed by atoms with E-state index in [1.165, 1.54) is 30.3 Å². The molecule has 5 rings (SSSR count). The molecule has 0 unspecified atom stereocenters. The van der Waals surface area contributed by atoms with Crippen LogP contribution in [0.1, 0.15) is 31.4 Å². The number of hydrogen-bond donors (Lipinski definition) is 1. The van der Waals surface area contributed by atoms with Crippen LogP contribution in [0.3, 0.4) is 0 Å². The van der Waals surface area contributed by atoms with Crippen molar-refractivity contribution in [1.29, 1.82) is 0 Å². The molecular weight excluding hydrogens is 425 g/mol. The fourth-order valence-electron chi connectivity index (χ4n) is 4.94. The highest BCUT2D eigenvalue weighted by Crippen LogP contribution is 2.30. The molecule has 2 aliphatic rings. The Morgan fingerprint density at radius 2 is 2.00 bits per heavy atom. The molecule has 32 heavy (non-hydrogen) atoms. The minimum atomic E-state index is -0.307. The molecular formula is C25H29ClFN5. The summed E-state index contributed by atoms with van der Waals surface area (Å²) in [5, 5.41) is 9.57. The van der Waals surface area contributed by atoms with Gasteiger partial charge >= 0.3 is 0 Å². The molecule has 1 aromatic heterocycles. The van der Waals surface area contributed by atoms with E-state index < -0.39 is 0 Å². The monoisotopic (exact) mass is 453 g/mol. The molecule has 0 spiro atoms. The summed E-state index contributed by atoms with van der Waals surface area (Å²) in [5.41, 5.74) is 3.99. The van der Waals surface area contributed by atoms with Crippen molar-refractivity contribution >= 4 is 28.2 Å². The van der Waals surface area contributed by atoms with Gasteiger partial charge < -0.3 is 15.1 Å². The van der Waals surface area contributed by atoms with Crippen molar-refractivity contribution in [2.45, 2.75) is 31.8 Å². The first-order valence-corrected chi connectivity index (χ1v) is 11.7. The molecule has 2 fully saturated rings. The normalized spacial score (nSPS) is 20.2. The van der Waals surface area contributed by atoms with Crippen LogP contribution in [-0.2, 0) is 0 Å². The summed E-state index contributed by atoms with van der Waals surface area (Å²) in [5.74, 6) is -0.307. The predicted octanol–water partition coefficient (Wildman–Crippen LogP) is 4.83. The van der Waals surface area contributed by atoms with Crippen LogP contribution in [0.5, 0.6) is 0 Å². The smallest absolute Gasteiger partial charge is 0.130 e. The summed E-state index contributed by atoms with van der Waals surface area (Å²) in [6, 6.07) is 11.5. The number of aromatic nitrogens is 2. The molecule has 2 aromatic carbocycles. The minimum absolute atomic E-state index is 0.237. The second kappa shape index (κ2) is 8.75. The molecule has 1 N–H and O–H groups in total. The summed E-state index contributed by atoms with van der Waals surface area (Å²) in [6.07, 6.45) is 4.27. The van der Waals surface area contributed by atoms with Gasteiger partial charge in [0.15, 0.2) is 0 Å². The highest BCUT2D eigenvalue weighted by molar-refractivity contribution is 6.30. The third-order valence-electron chi connectivity index (χ3n) is 6.88. The van der Waals surface area contributed by atoms with Crippen molar-refractivity contribution in [3.63, 3.8) is 0 Å². The first-order valence-electron chi connectivity index (χ1n) is 11.4. The van der Waals surface area contributed by atoms with Crippen LogP contribution in [0.4, 0.5) is 10.1 Å². The second-order valence-corrected chi connectivity index (χ2v) is 9.22. The lowest BCUT2D eigenvalue weighted by molar-refractivity contribution is 0.298. The molecule has 7 heteroatoms. The Kier molecular flexibility index (Phi) is 5.82. The standard InChI is InChI=1S/C25H29ClFN5/c1-17(22-8-6-20(26)14-23(22)27)32-25-15-21(7-5-19(25)16-29-32)31-12-10-30(11-13-31)18(2)24-4-3-9-28-24/h5-8,14-17,24,28H,2-4,9-13H2,1H3/t17-,24-/m1/s1. The topological polar surface area (TPSA) is 36.3 Å². The zero-order valence-electron chi connectivity index (χ0n) is 18.4. The molecule has 2 saturated heterocycles. The lowest BCUT2D eigenvalue weighted by atomic mass is 10.1. The van der Waals surface area contributed by atoms with E-state index in [1.54, 1.807) is 12.1 Å². The molecule has 168 valence electrons. The van der Waals surface area contributed by atoms with E-state index in [9.17, 15) is 4.39 Å². The summed E-state index contributed by atoms with van der Waals surface area (Å²) >= 11 is 5.93. The van der Waals surface area contributed by atoms with Crippen LogP contribution in [0.15, 0.2) is 54.9 Å². The largest absolute Gasteiger partial charge is 0.370 e. The highest BCUT2D eigenvalue weighted by Gasteiger charge is 2.25. The van der Waals surface area contributed by atoms with Crippen LogP contribution in [0, 0.1) is 5.82 Å². The number of rotatable bonds is 5. The number of benzene rings is 2. The molecule has 0 bridgehead atoms. The van der Waals surface area contributed by atoms with Crippen molar-refractivity contribution in [2.75, 3.05) is 37.6 Å². The summed E-state index contributed by atoms with van der Waals surface area (Å²) in [7, 11) is 0. The molecule has 2 aliphatic heterocycles. The number of nitrogens with zero attached hydrogens (tertiary/aromatic N) is 4. The summed E-state index contributed by atoms with van der Waals surface area (Å²) in [6.45, 7) is 11.3. The molecule has 3 heterocycles. The van der Waals surface area contributed by atoms with Gasteiger partial charge in [-0.25, -0.2) is 4.39 Å². The number of fused-ring (bicyclic) bond motifs is 1. The van der Waals surface area contributed by atoms with Gasteiger partial charge in [-0.05, 0) is 56.6 Å². The van der Waals surface area contributed by atoms with Gasteiger partial charge in [-0.3, -0.25) is 4.68 Å². The van der Waals surface area contributed by atoms with Gasteiger partial charge in [0.1, 0.15) is 5.82 Å². The summed E-state index contributed by atoms with van der Waals surface area (Å²) in [4.78, 5) is 4.84. The van der Waals surface area contributed by atoms with Crippen molar-refractivity contribution in [3.8, 4) is 0 Å². The highest BCUT2D eigenvalue weighted by atomic mass is 35.5. The third kappa shape index (κ3) is 3.97. The van der Waals surface area contributed by atoms with E-state index in [-0.39, 0.29) is 11.9 Å².